The standard InChI is InChI=1S/C25H22BrClN8O4/c1-15-2-6-21(19(26)12-15)29-23-30-24(32-25(31-23)34-8-10-38-11-9-34)33-28-14-17-4-7-22(39-17)18-5-3-16(35(36)37)13-20(18)27/h2-7,12-14H,8-11H2,1H3,(H2,29,30,31,32,33). The van der Waals surface area contributed by atoms with E-state index in [9.17, 15) is 10.1 Å². The summed E-state index contributed by atoms with van der Waals surface area (Å²) in [6.07, 6.45) is 1.46. The number of aryl methyl sites for hydroxylation is 1. The number of nitro benzene ring substituents is 1. The number of nitrogens with one attached hydrogen (secondary N) is 2. The normalized spacial score (nSPS) is 13.6. The molecule has 39 heavy (non-hydrogen) atoms. The number of hydrazone groups is 1. The molecule has 12 nitrogen and oxygen atoms in total. The maximum absolute atomic E-state index is 11.0. The molecule has 0 saturated carbocycles. The van der Waals surface area contributed by atoms with Gasteiger partial charge in [-0.2, -0.15) is 20.1 Å². The zero-order chi connectivity index (χ0) is 27.4. The Hall–Kier alpha value is -4.07. The van der Waals surface area contributed by atoms with Gasteiger partial charge in [0.05, 0.1) is 35.1 Å². The fourth-order valence-electron chi connectivity index (χ4n) is 3.76. The molecule has 0 atom stereocenters. The van der Waals surface area contributed by atoms with Gasteiger partial charge in [-0.1, -0.05) is 17.7 Å². The third kappa shape index (κ3) is 6.50. The molecule has 0 amide bonds. The Kier molecular flexibility index (Phi) is 8.00. The summed E-state index contributed by atoms with van der Waals surface area (Å²) < 4.78 is 12.1. The number of nitro groups is 1. The summed E-state index contributed by atoms with van der Waals surface area (Å²) in [4.78, 5) is 26.1. The lowest BCUT2D eigenvalue weighted by atomic mass is 10.1. The minimum Gasteiger partial charge on any atom is -0.455 e. The number of halogens is 2. The molecule has 2 aromatic heterocycles. The predicted molar refractivity (Wildman–Crippen MR) is 152 cm³/mol. The van der Waals surface area contributed by atoms with Crippen LogP contribution in [0.15, 0.2) is 62.5 Å². The molecule has 3 heterocycles. The molecule has 14 heteroatoms. The number of non-ortho nitro benzene ring substituents is 1. The van der Waals surface area contributed by atoms with Crippen LogP contribution < -0.4 is 15.6 Å². The molecule has 0 aliphatic carbocycles. The van der Waals surface area contributed by atoms with Gasteiger partial charge in [0.1, 0.15) is 11.5 Å². The molecule has 2 aromatic carbocycles. The minimum atomic E-state index is -0.506. The number of aromatic nitrogens is 3. The van der Waals surface area contributed by atoms with Crippen molar-refractivity contribution in [2.24, 2.45) is 5.10 Å². The van der Waals surface area contributed by atoms with Crippen molar-refractivity contribution in [3.63, 3.8) is 0 Å². The van der Waals surface area contributed by atoms with Gasteiger partial charge < -0.3 is 19.4 Å². The molecule has 0 radical (unpaired) electrons. The number of morpholine rings is 1. The Morgan fingerprint density at radius 2 is 1.90 bits per heavy atom. The van der Waals surface area contributed by atoms with E-state index in [1.54, 1.807) is 12.1 Å². The van der Waals surface area contributed by atoms with Gasteiger partial charge in [0.15, 0.2) is 0 Å². The lowest BCUT2D eigenvalue weighted by Crippen LogP contribution is -2.37. The average molecular weight is 614 g/mol. The number of hydrogen-bond donors (Lipinski definition) is 2. The molecule has 1 aliphatic heterocycles. The van der Waals surface area contributed by atoms with Gasteiger partial charge in [-0.15, -0.1) is 0 Å². The van der Waals surface area contributed by atoms with Crippen molar-refractivity contribution in [2.75, 3.05) is 41.9 Å². The van der Waals surface area contributed by atoms with E-state index in [1.165, 1.54) is 24.4 Å². The molecule has 5 rings (SSSR count). The quantitative estimate of drug-likeness (QED) is 0.142. The Bertz CT molecular complexity index is 1540. The third-order valence-electron chi connectivity index (χ3n) is 5.70. The molecule has 1 fully saturated rings. The van der Waals surface area contributed by atoms with E-state index in [4.69, 9.17) is 20.8 Å². The van der Waals surface area contributed by atoms with E-state index in [2.05, 4.69) is 46.7 Å². The first-order valence-electron chi connectivity index (χ1n) is 11.8. The summed E-state index contributed by atoms with van der Waals surface area (Å²) in [5.41, 5.74) is 5.19. The van der Waals surface area contributed by atoms with Crippen LogP contribution in [-0.4, -0.2) is 52.4 Å². The summed E-state index contributed by atoms with van der Waals surface area (Å²) in [5.74, 6) is 1.95. The largest absolute Gasteiger partial charge is 0.455 e. The van der Waals surface area contributed by atoms with Crippen molar-refractivity contribution < 1.29 is 14.1 Å². The monoisotopic (exact) mass is 612 g/mol. The SMILES string of the molecule is Cc1ccc(Nc2nc(NN=Cc3ccc(-c4ccc([N+](=O)[O-])cc4Cl)o3)nc(N3CCOCC3)n2)c(Br)c1. The van der Waals surface area contributed by atoms with Crippen LogP contribution in [0.25, 0.3) is 11.3 Å². The maximum atomic E-state index is 11.0. The number of rotatable bonds is 8. The second kappa shape index (κ2) is 11.8. The molecule has 1 saturated heterocycles. The van der Waals surface area contributed by atoms with E-state index in [-0.39, 0.29) is 16.7 Å². The third-order valence-corrected chi connectivity index (χ3v) is 6.67. The highest BCUT2D eigenvalue weighted by molar-refractivity contribution is 9.10. The number of anilines is 4. The molecule has 2 N–H and O–H groups in total. The summed E-state index contributed by atoms with van der Waals surface area (Å²) in [6.45, 7) is 4.48. The average Bonchev–Trinajstić information content (AvgIpc) is 3.39. The topological polar surface area (TPSA) is 144 Å². The fourth-order valence-corrected chi connectivity index (χ4v) is 4.62. The first-order valence-corrected chi connectivity index (χ1v) is 13.0. The number of ether oxygens (including phenoxy) is 1. The van der Waals surface area contributed by atoms with Crippen molar-refractivity contribution in [3.05, 3.63) is 79.5 Å². The lowest BCUT2D eigenvalue weighted by Gasteiger charge is -2.27. The smallest absolute Gasteiger partial charge is 0.270 e. The van der Waals surface area contributed by atoms with E-state index >= 15 is 0 Å². The number of furan rings is 1. The van der Waals surface area contributed by atoms with Crippen molar-refractivity contribution in [2.45, 2.75) is 6.92 Å². The highest BCUT2D eigenvalue weighted by Gasteiger charge is 2.17. The second-order valence-electron chi connectivity index (χ2n) is 8.48. The van der Waals surface area contributed by atoms with Crippen LogP contribution in [0.5, 0.6) is 0 Å². The van der Waals surface area contributed by atoms with Crippen LogP contribution in [0.2, 0.25) is 5.02 Å². The van der Waals surface area contributed by atoms with Gasteiger partial charge in [-0.05, 0) is 58.7 Å². The summed E-state index contributed by atoms with van der Waals surface area (Å²) in [6, 6.07) is 13.5. The van der Waals surface area contributed by atoms with Crippen LogP contribution in [0.3, 0.4) is 0 Å². The zero-order valence-corrected chi connectivity index (χ0v) is 22.9. The highest BCUT2D eigenvalue weighted by atomic mass is 79.9. The van der Waals surface area contributed by atoms with Crippen molar-refractivity contribution >= 4 is 63.0 Å². The summed E-state index contributed by atoms with van der Waals surface area (Å²) in [5, 5.41) is 18.6. The van der Waals surface area contributed by atoms with Crippen LogP contribution in [0.4, 0.5) is 29.2 Å². The lowest BCUT2D eigenvalue weighted by molar-refractivity contribution is -0.384. The number of benzene rings is 2. The van der Waals surface area contributed by atoms with Gasteiger partial charge in [0.25, 0.3) is 5.69 Å². The first-order chi connectivity index (χ1) is 18.9. The maximum Gasteiger partial charge on any atom is 0.270 e. The molecular weight excluding hydrogens is 592 g/mol. The number of hydrogen-bond acceptors (Lipinski definition) is 11. The number of nitrogens with zero attached hydrogens (tertiary/aromatic N) is 6. The highest BCUT2D eigenvalue weighted by Crippen LogP contribution is 2.32. The van der Waals surface area contributed by atoms with E-state index in [1.807, 2.05) is 30.0 Å². The van der Waals surface area contributed by atoms with Crippen molar-refractivity contribution in [1.82, 2.24) is 15.0 Å². The molecule has 4 aromatic rings. The summed E-state index contributed by atoms with van der Waals surface area (Å²) in [7, 11) is 0. The van der Waals surface area contributed by atoms with Gasteiger partial charge in [-0.25, -0.2) is 5.43 Å². The summed E-state index contributed by atoms with van der Waals surface area (Å²) >= 11 is 9.79. The van der Waals surface area contributed by atoms with Crippen LogP contribution in [0, 0.1) is 17.0 Å². The van der Waals surface area contributed by atoms with Crippen LogP contribution in [0.1, 0.15) is 11.3 Å². The zero-order valence-electron chi connectivity index (χ0n) is 20.6. The molecule has 0 unspecified atom stereocenters. The van der Waals surface area contributed by atoms with E-state index in [0.29, 0.717) is 55.3 Å². The van der Waals surface area contributed by atoms with E-state index < -0.39 is 4.92 Å². The van der Waals surface area contributed by atoms with Crippen LogP contribution >= 0.6 is 27.5 Å². The fraction of sp³-hybridized carbons (Fsp3) is 0.200. The van der Waals surface area contributed by atoms with Gasteiger partial charge >= 0.3 is 0 Å². The van der Waals surface area contributed by atoms with Gasteiger partial charge in [-0.3, -0.25) is 10.1 Å². The Morgan fingerprint density at radius 1 is 1.10 bits per heavy atom. The van der Waals surface area contributed by atoms with Crippen molar-refractivity contribution in [3.8, 4) is 11.3 Å². The molecule has 1 aliphatic rings. The van der Waals surface area contributed by atoms with Gasteiger partial charge in [0.2, 0.25) is 17.8 Å². The van der Waals surface area contributed by atoms with E-state index in [0.717, 1.165) is 15.7 Å². The van der Waals surface area contributed by atoms with Crippen LogP contribution in [-0.2, 0) is 4.74 Å². The Balaban J connectivity index is 1.35. The van der Waals surface area contributed by atoms with Gasteiger partial charge in [0, 0.05) is 35.3 Å². The first kappa shape index (κ1) is 26.5. The predicted octanol–water partition coefficient (Wildman–Crippen LogP) is 5.79. The Labute approximate surface area is 236 Å². The molecule has 0 spiro atoms. The molecular formula is C25H22BrClN8O4. The Morgan fingerprint density at radius 3 is 2.64 bits per heavy atom. The van der Waals surface area contributed by atoms with Crippen molar-refractivity contribution in [1.29, 1.82) is 0 Å². The minimum absolute atomic E-state index is 0.0984. The molecule has 200 valence electrons. The second-order valence-corrected chi connectivity index (χ2v) is 9.75. The molecule has 0 bridgehead atoms.